The van der Waals surface area contributed by atoms with Crippen molar-refractivity contribution in [1.29, 1.82) is 0 Å². The van der Waals surface area contributed by atoms with Gasteiger partial charge in [0.15, 0.2) is 0 Å². The fourth-order valence-corrected chi connectivity index (χ4v) is 2.08. The van der Waals surface area contributed by atoms with Gasteiger partial charge in [-0.2, -0.15) is 0 Å². The van der Waals surface area contributed by atoms with Crippen LogP contribution in [0.5, 0.6) is 0 Å². The summed E-state index contributed by atoms with van der Waals surface area (Å²) in [6.07, 6.45) is 0. The van der Waals surface area contributed by atoms with E-state index >= 15 is 0 Å². The number of hydrogen-bond donors (Lipinski definition) is 0. The predicted molar refractivity (Wildman–Crippen MR) is 64.9 cm³/mol. The predicted octanol–water partition coefficient (Wildman–Crippen LogP) is 2.13. The molecule has 15 heavy (non-hydrogen) atoms. The molecule has 1 aromatic rings. The maximum absolute atomic E-state index is 5.33. The summed E-state index contributed by atoms with van der Waals surface area (Å²) in [7, 11) is 2.09. The lowest BCUT2D eigenvalue weighted by Gasteiger charge is -2.36. The van der Waals surface area contributed by atoms with E-state index in [9.17, 15) is 0 Å². The van der Waals surface area contributed by atoms with Crippen molar-refractivity contribution in [3.63, 3.8) is 0 Å². The van der Waals surface area contributed by atoms with E-state index < -0.39 is 0 Å². The Kier molecular flexibility index (Phi) is 3.61. The lowest BCUT2D eigenvalue weighted by Crippen LogP contribution is -2.47. The van der Waals surface area contributed by atoms with Crippen LogP contribution in [0.3, 0.4) is 0 Å². The Balaban J connectivity index is 2.08. The number of benzene rings is 1. The third kappa shape index (κ3) is 2.71. The summed E-state index contributed by atoms with van der Waals surface area (Å²) in [6, 6.07) is 8.32. The first-order valence-corrected chi connectivity index (χ1v) is 5.88. The van der Waals surface area contributed by atoms with Crippen LogP contribution in [0.1, 0.15) is 0 Å². The van der Waals surface area contributed by atoms with Crippen LogP contribution in [0.15, 0.2) is 28.7 Å². The fourth-order valence-electron chi connectivity index (χ4n) is 1.69. The van der Waals surface area contributed by atoms with Crippen LogP contribution in [0, 0.1) is 0 Å². The minimum Gasteiger partial charge on any atom is -0.379 e. The van der Waals surface area contributed by atoms with Gasteiger partial charge < -0.3 is 9.75 Å². The molecule has 0 N–H and O–H groups in total. The van der Waals surface area contributed by atoms with Crippen molar-refractivity contribution in [3.8, 4) is 0 Å². The molecule has 0 amide bonds. The summed E-state index contributed by atoms with van der Waals surface area (Å²) in [5.74, 6) is 0. The van der Waals surface area contributed by atoms with Gasteiger partial charge in [-0.25, -0.2) is 5.01 Å². The zero-order valence-electron chi connectivity index (χ0n) is 8.82. The number of rotatable bonds is 2. The van der Waals surface area contributed by atoms with Gasteiger partial charge in [0.05, 0.1) is 18.9 Å². The minimum absolute atomic E-state index is 0.818. The van der Waals surface area contributed by atoms with E-state index in [1.54, 1.807) is 0 Å². The first kappa shape index (κ1) is 10.9. The second kappa shape index (κ2) is 4.96. The van der Waals surface area contributed by atoms with Crippen molar-refractivity contribution >= 4 is 21.6 Å². The third-order valence-corrected chi connectivity index (χ3v) is 3.09. The molecule has 2 rings (SSSR count). The van der Waals surface area contributed by atoms with Gasteiger partial charge in [0.1, 0.15) is 0 Å². The maximum Gasteiger partial charge on any atom is 0.0612 e. The average molecular weight is 271 g/mol. The van der Waals surface area contributed by atoms with E-state index in [4.69, 9.17) is 4.74 Å². The van der Waals surface area contributed by atoms with Crippen molar-refractivity contribution in [2.75, 3.05) is 38.4 Å². The van der Waals surface area contributed by atoms with E-state index in [1.807, 2.05) is 6.07 Å². The Bertz CT molecular complexity index is 326. The SMILES string of the molecule is CN(c1cccc(Br)c1)N1CCOCC1. The zero-order valence-corrected chi connectivity index (χ0v) is 10.4. The van der Waals surface area contributed by atoms with Gasteiger partial charge in [0.25, 0.3) is 0 Å². The van der Waals surface area contributed by atoms with Gasteiger partial charge >= 0.3 is 0 Å². The molecular weight excluding hydrogens is 256 g/mol. The maximum atomic E-state index is 5.33. The van der Waals surface area contributed by atoms with Gasteiger partial charge in [-0.3, -0.25) is 0 Å². The Labute approximate surface area is 98.7 Å². The fraction of sp³-hybridized carbons (Fsp3) is 0.455. The smallest absolute Gasteiger partial charge is 0.0612 e. The van der Waals surface area contributed by atoms with E-state index in [0.717, 1.165) is 30.8 Å². The number of anilines is 1. The van der Waals surface area contributed by atoms with E-state index in [1.165, 1.54) is 5.69 Å². The monoisotopic (exact) mass is 270 g/mol. The average Bonchev–Trinajstić information content (AvgIpc) is 2.29. The molecule has 0 bridgehead atoms. The Hall–Kier alpha value is -0.580. The summed E-state index contributed by atoms with van der Waals surface area (Å²) in [4.78, 5) is 0. The molecule has 1 saturated heterocycles. The largest absolute Gasteiger partial charge is 0.379 e. The Morgan fingerprint density at radius 3 is 2.73 bits per heavy atom. The first-order chi connectivity index (χ1) is 7.27. The van der Waals surface area contributed by atoms with Crippen molar-refractivity contribution in [3.05, 3.63) is 28.7 Å². The number of nitrogens with zero attached hydrogens (tertiary/aromatic N) is 2. The summed E-state index contributed by atoms with van der Waals surface area (Å²) in [6.45, 7) is 3.56. The summed E-state index contributed by atoms with van der Waals surface area (Å²) >= 11 is 3.48. The summed E-state index contributed by atoms with van der Waals surface area (Å²) in [5, 5.41) is 4.48. The summed E-state index contributed by atoms with van der Waals surface area (Å²) < 4.78 is 6.44. The van der Waals surface area contributed by atoms with Crippen LogP contribution in [0.25, 0.3) is 0 Å². The lowest BCUT2D eigenvalue weighted by molar-refractivity contribution is 0.0347. The van der Waals surface area contributed by atoms with E-state index in [0.29, 0.717) is 0 Å². The van der Waals surface area contributed by atoms with Crippen molar-refractivity contribution in [1.82, 2.24) is 5.01 Å². The highest BCUT2D eigenvalue weighted by Gasteiger charge is 2.15. The van der Waals surface area contributed by atoms with Crippen molar-refractivity contribution in [2.24, 2.45) is 0 Å². The molecule has 0 aromatic heterocycles. The van der Waals surface area contributed by atoms with E-state index in [-0.39, 0.29) is 0 Å². The number of halogens is 1. The van der Waals surface area contributed by atoms with Gasteiger partial charge in [-0.15, -0.1) is 0 Å². The van der Waals surface area contributed by atoms with Gasteiger partial charge in [0, 0.05) is 24.6 Å². The molecule has 0 unspecified atom stereocenters. The minimum atomic E-state index is 0.818. The topological polar surface area (TPSA) is 15.7 Å². The highest BCUT2D eigenvalue weighted by Crippen LogP contribution is 2.20. The third-order valence-electron chi connectivity index (χ3n) is 2.59. The highest BCUT2D eigenvalue weighted by atomic mass is 79.9. The zero-order chi connectivity index (χ0) is 10.7. The number of ether oxygens (including phenoxy) is 1. The van der Waals surface area contributed by atoms with Crippen LogP contribution in [-0.2, 0) is 4.74 Å². The molecule has 4 heteroatoms. The first-order valence-electron chi connectivity index (χ1n) is 5.09. The van der Waals surface area contributed by atoms with Crippen molar-refractivity contribution in [2.45, 2.75) is 0 Å². The van der Waals surface area contributed by atoms with Crippen LogP contribution in [0.4, 0.5) is 5.69 Å². The molecule has 1 aliphatic heterocycles. The van der Waals surface area contributed by atoms with Gasteiger partial charge in [-0.05, 0) is 18.2 Å². The summed E-state index contributed by atoms with van der Waals surface area (Å²) in [5.41, 5.74) is 1.20. The molecule has 0 aliphatic carbocycles. The van der Waals surface area contributed by atoms with Crippen LogP contribution >= 0.6 is 15.9 Å². The molecule has 0 atom stereocenters. The quantitative estimate of drug-likeness (QED) is 0.819. The van der Waals surface area contributed by atoms with Crippen LogP contribution in [-0.4, -0.2) is 38.4 Å². The molecule has 3 nitrogen and oxygen atoms in total. The number of hydrazine groups is 1. The normalized spacial score (nSPS) is 17.7. The Morgan fingerprint density at radius 1 is 1.33 bits per heavy atom. The van der Waals surface area contributed by atoms with Crippen molar-refractivity contribution < 1.29 is 4.74 Å². The number of morpholine rings is 1. The highest BCUT2D eigenvalue weighted by molar-refractivity contribution is 9.10. The molecule has 1 fully saturated rings. The van der Waals surface area contributed by atoms with Gasteiger partial charge in [-0.1, -0.05) is 22.0 Å². The molecular formula is C11H15BrN2O. The van der Waals surface area contributed by atoms with Crippen LogP contribution < -0.4 is 5.01 Å². The molecule has 0 spiro atoms. The number of hydrogen-bond acceptors (Lipinski definition) is 3. The standard InChI is InChI=1S/C11H15BrN2O/c1-13(14-5-7-15-8-6-14)11-4-2-3-10(12)9-11/h2-4,9H,5-8H2,1H3. The lowest BCUT2D eigenvalue weighted by atomic mass is 10.3. The van der Waals surface area contributed by atoms with Crippen LogP contribution in [0.2, 0.25) is 0 Å². The molecule has 1 aromatic carbocycles. The second-order valence-corrected chi connectivity index (χ2v) is 4.49. The molecule has 82 valence electrons. The second-order valence-electron chi connectivity index (χ2n) is 3.57. The Morgan fingerprint density at radius 2 is 2.07 bits per heavy atom. The molecule has 1 aliphatic rings. The molecule has 1 heterocycles. The molecule has 0 saturated carbocycles. The van der Waals surface area contributed by atoms with Gasteiger partial charge in [0.2, 0.25) is 0 Å². The van der Waals surface area contributed by atoms with E-state index in [2.05, 4.69) is 51.2 Å². The molecule has 0 radical (unpaired) electrons.